The molecule has 2 aromatic rings. The van der Waals surface area contributed by atoms with Crippen molar-refractivity contribution in [2.24, 2.45) is 0 Å². The number of fused-ring (bicyclic) bond motifs is 1. The summed E-state index contributed by atoms with van der Waals surface area (Å²) < 4.78 is 0. The summed E-state index contributed by atoms with van der Waals surface area (Å²) in [7, 11) is 0. The summed E-state index contributed by atoms with van der Waals surface area (Å²) in [5, 5.41) is 3.40. The largest absolute Gasteiger partial charge is 0.332 e. The Morgan fingerprint density at radius 2 is 1.86 bits per heavy atom. The Morgan fingerprint density at radius 1 is 1.10 bits per heavy atom. The van der Waals surface area contributed by atoms with E-state index in [9.17, 15) is 9.59 Å². The van der Waals surface area contributed by atoms with Gasteiger partial charge in [0.2, 0.25) is 11.8 Å². The summed E-state index contributed by atoms with van der Waals surface area (Å²) >= 11 is 0. The minimum absolute atomic E-state index is 0. The number of para-hydroxylation sites is 1. The molecule has 2 amide bonds. The molecule has 0 aliphatic carbocycles. The van der Waals surface area contributed by atoms with Crippen molar-refractivity contribution in [3.8, 4) is 0 Å². The molecule has 1 N–H and O–H groups in total. The molecule has 1 saturated heterocycles. The number of benzene rings is 2. The number of hydrogen-bond acceptors (Lipinski definition) is 3. The molecule has 1 unspecified atom stereocenters. The molecular weight excluding hydrogens is 386 g/mol. The third kappa shape index (κ3) is 4.46. The lowest BCUT2D eigenvalue weighted by Crippen LogP contribution is -2.52. The fourth-order valence-corrected chi connectivity index (χ4v) is 4.17. The summed E-state index contributed by atoms with van der Waals surface area (Å²) in [6.45, 7) is 4.42. The van der Waals surface area contributed by atoms with Gasteiger partial charge in [0.15, 0.2) is 0 Å². The van der Waals surface area contributed by atoms with Gasteiger partial charge in [-0.1, -0.05) is 49.4 Å². The zero-order chi connectivity index (χ0) is 19.5. The molecule has 1 fully saturated rings. The minimum atomic E-state index is 0. The molecule has 1 atom stereocenters. The highest BCUT2D eigenvalue weighted by Crippen LogP contribution is 2.29. The van der Waals surface area contributed by atoms with Crippen LogP contribution in [0.1, 0.15) is 36.1 Å². The Labute approximate surface area is 178 Å². The Bertz CT molecular complexity index is 869. The van der Waals surface area contributed by atoms with Crippen molar-refractivity contribution in [2.45, 2.75) is 32.2 Å². The van der Waals surface area contributed by atoms with E-state index in [-0.39, 0.29) is 36.8 Å². The van der Waals surface area contributed by atoms with Gasteiger partial charge in [0.1, 0.15) is 6.54 Å². The third-order valence-electron chi connectivity index (χ3n) is 5.82. The molecule has 0 saturated carbocycles. The number of rotatable bonds is 4. The number of amides is 2. The highest BCUT2D eigenvalue weighted by atomic mass is 35.5. The number of carbonyl (C=O) groups is 2. The quantitative estimate of drug-likeness (QED) is 0.837. The molecule has 2 heterocycles. The number of anilines is 1. The Morgan fingerprint density at radius 3 is 2.62 bits per heavy atom. The van der Waals surface area contributed by atoms with Crippen molar-refractivity contribution >= 4 is 29.9 Å². The number of carbonyl (C=O) groups excluding carboxylic acids is 2. The highest BCUT2D eigenvalue weighted by molar-refractivity contribution is 6.01. The van der Waals surface area contributed by atoms with Crippen LogP contribution in [0.4, 0.5) is 5.69 Å². The van der Waals surface area contributed by atoms with Crippen molar-refractivity contribution in [1.29, 1.82) is 0 Å². The zero-order valence-corrected chi connectivity index (χ0v) is 17.6. The average Bonchev–Trinajstić information content (AvgIpc) is 2.76. The van der Waals surface area contributed by atoms with Crippen molar-refractivity contribution in [3.63, 3.8) is 0 Å². The molecule has 6 heteroatoms. The summed E-state index contributed by atoms with van der Waals surface area (Å²) in [4.78, 5) is 29.4. The van der Waals surface area contributed by atoms with Crippen LogP contribution < -0.4 is 10.2 Å². The number of halogens is 1. The van der Waals surface area contributed by atoms with Gasteiger partial charge in [0.05, 0.1) is 6.04 Å². The van der Waals surface area contributed by atoms with Gasteiger partial charge < -0.3 is 15.1 Å². The van der Waals surface area contributed by atoms with Crippen molar-refractivity contribution in [2.75, 3.05) is 31.1 Å². The molecule has 0 bridgehead atoms. The second-order valence-electron chi connectivity index (χ2n) is 7.51. The molecule has 0 aromatic heterocycles. The van der Waals surface area contributed by atoms with Crippen LogP contribution in [0.5, 0.6) is 0 Å². The van der Waals surface area contributed by atoms with E-state index in [1.807, 2.05) is 29.2 Å². The van der Waals surface area contributed by atoms with Gasteiger partial charge in [-0.05, 0) is 35.6 Å². The van der Waals surface area contributed by atoms with E-state index < -0.39 is 0 Å². The molecule has 29 heavy (non-hydrogen) atoms. The maximum absolute atomic E-state index is 13.2. The standard InChI is InChI=1S/C23H27N3O2.ClH/c1-2-17-7-9-19(10-8-17)21-15-24-13-14-25(21)23(28)16-26-20-6-4-3-5-18(20)11-12-22(26)27;/h3-10,21,24H,2,11-16H2,1H3;1H. The molecular formula is C23H28ClN3O2. The van der Waals surface area contributed by atoms with E-state index in [2.05, 4.69) is 36.5 Å². The third-order valence-corrected chi connectivity index (χ3v) is 5.82. The number of nitrogens with zero attached hydrogens (tertiary/aromatic N) is 2. The molecule has 154 valence electrons. The van der Waals surface area contributed by atoms with Crippen LogP contribution in [-0.4, -0.2) is 42.9 Å². The summed E-state index contributed by atoms with van der Waals surface area (Å²) in [6, 6.07) is 16.4. The van der Waals surface area contributed by atoms with Gasteiger partial charge in [0.25, 0.3) is 0 Å². The highest BCUT2D eigenvalue weighted by Gasteiger charge is 2.32. The van der Waals surface area contributed by atoms with Crippen LogP contribution in [-0.2, 0) is 22.4 Å². The summed E-state index contributed by atoms with van der Waals surface area (Å²) in [6.07, 6.45) is 2.22. The first-order valence-electron chi connectivity index (χ1n) is 10.1. The van der Waals surface area contributed by atoms with Gasteiger partial charge in [-0.2, -0.15) is 0 Å². The first-order valence-corrected chi connectivity index (χ1v) is 10.1. The number of piperazine rings is 1. The molecule has 0 spiro atoms. The lowest BCUT2D eigenvalue weighted by atomic mass is 9.99. The van der Waals surface area contributed by atoms with Crippen molar-refractivity contribution < 1.29 is 9.59 Å². The summed E-state index contributed by atoms with van der Waals surface area (Å²) in [5.74, 6) is 0.0437. The van der Waals surface area contributed by atoms with Crippen LogP contribution in [0.25, 0.3) is 0 Å². The SMILES string of the molecule is CCc1ccc(C2CNCCN2C(=O)CN2C(=O)CCc3ccccc32)cc1.Cl. The van der Waals surface area contributed by atoms with Gasteiger partial charge in [-0.15, -0.1) is 12.4 Å². The van der Waals surface area contributed by atoms with E-state index in [0.717, 1.165) is 42.7 Å². The van der Waals surface area contributed by atoms with Crippen molar-refractivity contribution in [1.82, 2.24) is 10.2 Å². The maximum Gasteiger partial charge on any atom is 0.243 e. The Hall–Kier alpha value is -2.37. The zero-order valence-electron chi connectivity index (χ0n) is 16.8. The van der Waals surface area contributed by atoms with Crippen LogP contribution in [0, 0.1) is 0 Å². The lowest BCUT2D eigenvalue weighted by Gasteiger charge is -2.38. The van der Waals surface area contributed by atoms with Crippen molar-refractivity contribution in [3.05, 3.63) is 65.2 Å². The van der Waals surface area contributed by atoms with Gasteiger partial charge in [0, 0.05) is 31.7 Å². The monoisotopic (exact) mass is 413 g/mol. The molecule has 4 rings (SSSR count). The molecule has 5 nitrogen and oxygen atoms in total. The Balaban J connectivity index is 0.00000240. The van der Waals surface area contributed by atoms with E-state index >= 15 is 0 Å². The lowest BCUT2D eigenvalue weighted by molar-refractivity contribution is -0.134. The van der Waals surface area contributed by atoms with Gasteiger partial charge >= 0.3 is 0 Å². The topological polar surface area (TPSA) is 52.7 Å². The normalized spacial score (nSPS) is 18.8. The maximum atomic E-state index is 13.2. The molecule has 2 aromatic carbocycles. The predicted molar refractivity (Wildman–Crippen MR) is 118 cm³/mol. The number of hydrogen-bond donors (Lipinski definition) is 1. The van der Waals surface area contributed by atoms with Crippen LogP contribution in [0.15, 0.2) is 48.5 Å². The second-order valence-corrected chi connectivity index (χ2v) is 7.51. The van der Waals surface area contributed by atoms with Crippen LogP contribution in [0.2, 0.25) is 0 Å². The first kappa shape index (κ1) is 21.3. The van der Waals surface area contributed by atoms with Crippen LogP contribution >= 0.6 is 12.4 Å². The molecule has 2 aliphatic heterocycles. The van der Waals surface area contributed by atoms with E-state index in [0.29, 0.717) is 13.0 Å². The first-order chi connectivity index (χ1) is 13.7. The molecule has 2 aliphatic rings. The number of aryl methyl sites for hydroxylation is 2. The van der Waals surface area contributed by atoms with Crippen LogP contribution in [0.3, 0.4) is 0 Å². The minimum Gasteiger partial charge on any atom is -0.332 e. The fraction of sp³-hybridized carbons (Fsp3) is 0.391. The fourth-order valence-electron chi connectivity index (χ4n) is 4.17. The van der Waals surface area contributed by atoms with Gasteiger partial charge in [-0.25, -0.2) is 0 Å². The number of nitrogens with one attached hydrogen (secondary N) is 1. The molecule has 0 radical (unpaired) electrons. The summed E-state index contributed by atoms with van der Waals surface area (Å²) in [5.41, 5.74) is 4.46. The smallest absolute Gasteiger partial charge is 0.243 e. The Kier molecular flexibility index (Phi) is 6.93. The van der Waals surface area contributed by atoms with E-state index in [4.69, 9.17) is 0 Å². The average molecular weight is 414 g/mol. The second kappa shape index (κ2) is 9.42. The van der Waals surface area contributed by atoms with E-state index in [1.54, 1.807) is 4.90 Å². The van der Waals surface area contributed by atoms with E-state index in [1.165, 1.54) is 5.56 Å². The van der Waals surface area contributed by atoms with Gasteiger partial charge in [-0.3, -0.25) is 9.59 Å². The predicted octanol–water partition coefficient (Wildman–Crippen LogP) is 3.12.